The topological polar surface area (TPSA) is 100 Å². The Kier molecular flexibility index (Phi) is 4.87. The Bertz CT molecular complexity index is 1060. The summed E-state index contributed by atoms with van der Waals surface area (Å²) < 4.78 is 5.59. The van der Waals surface area contributed by atoms with E-state index in [0.29, 0.717) is 17.1 Å². The van der Waals surface area contributed by atoms with E-state index >= 15 is 0 Å². The molecule has 0 aliphatic carbocycles. The molecule has 2 N–H and O–H groups in total. The van der Waals surface area contributed by atoms with E-state index in [-0.39, 0.29) is 16.5 Å². The van der Waals surface area contributed by atoms with E-state index in [9.17, 15) is 9.59 Å². The quantitative estimate of drug-likeness (QED) is 0.657. The monoisotopic (exact) mass is 399 g/mol. The average Bonchev–Trinajstić information content (AvgIpc) is 3.35. The molecule has 0 bridgehead atoms. The van der Waals surface area contributed by atoms with Gasteiger partial charge in [0, 0.05) is 24.0 Å². The minimum absolute atomic E-state index is 0.000180. The van der Waals surface area contributed by atoms with Crippen LogP contribution in [-0.2, 0) is 0 Å². The SMILES string of the molecule is Cc1c(C(=O)NNC(=O)c2nc(N3CCCC3)ncc2Cl)oc2ccccc12. The van der Waals surface area contributed by atoms with Crippen LogP contribution in [-0.4, -0.2) is 34.9 Å². The maximum atomic E-state index is 12.5. The fourth-order valence-electron chi connectivity index (χ4n) is 3.21. The molecule has 0 spiro atoms. The van der Waals surface area contributed by atoms with Crippen LogP contribution in [0.25, 0.3) is 11.0 Å². The highest BCUT2D eigenvalue weighted by atomic mass is 35.5. The number of fused-ring (bicyclic) bond motifs is 1. The second-order valence-electron chi connectivity index (χ2n) is 6.52. The molecule has 3 heterocycles. The molecule has 1 aromatic carbocycles. The van der Waals surface area contributed by atoms with E-state index in [1.54, 1.807) is 13.0 Å². The molecule has 2 amide bonds. The van der Waals surface area contributed by atoms with Crippen LogP contribution in [0.4, 0.5) is 5.95 Å². The molecule has 28 heavy (non-hydrogen) atoms. The molecule has 9 heteroatoms. The van der Waals surface area contributed by atoms with Gasteiger partial charge in [0.05, 0.1) is 11.2 Å². The van der Waals surface area contributed by atoms with Gasteiger partial charge in [0.25, 0.3) is 5.91 Å². The minimum atomic E-state index is -0.630. The lowest BCUT2D eigenvalue weighted by Gasteiger charge is -2.16. The van der Waals surface area contributed by atoms with Crippen molar-refractivity contribution >= 4 is 40.3 Å². The number of anilines is 1. The summed E-state index contributed by atoms with van der Waals surface area (Å²) in [5, 5.41) is 0.947. The van der Waals surface area contributed by atoms with Gasteiger partial charge in [-0.1, -0.05) is 29.8 Å². The van der Waals surface area contributed by atoms with Crippen LogP contribution in [0.15, 0.2) is 34.9 Å². The Morgan fingerprint density at radius 1 is 1.14 bits per heavy atom. The van der Waals surface area contributed by atoms with Gasteiger partial charge in [-0.2, -0.15) is 0 Å². The van der Waals surface area contributed by atoms with Gasteiger partial charge < -0.3 is 9.32 Å². The molecule has 2 aromatic heterocycles. The summed E-state index contributed by atoms with van der Waals surface area (Å²) >= 11 is 6.07. The molecule has 0 atom stereocenters. The van der Waals surface area contributed by atoms with Gasteiger partial charge in [-0.25, -0.2) is 9.97 Å². The van der Waals surface area contributed by atoms with Gasteiger partial charge in [0.2, 0.25) is 5.95 Å². The number of halogens is 1. The third kappa shape index (κ3) is 3.38. The molecule has 3 aromatic rings. The van der Waals surface area contributed by atoms with E-state index in [1.165, 1.54) is 6.20 Å². The van der Waals surface area contributed by atoms with Crippen LogP contribution < -0.4 is 15.8 Å². The van der Waals surface area contributed by atoms with Crippen molar-refractivity contribution in [1.82, 2.24) is 20.8 Å². The maximum absolute atomic E-state index is 12.5. The summed E-state index contributed by atoms with van der Waals surface area (Å²) in [6.45, 7) is 3.46. The summed E-state index contributed by atoms with van der Waals surface area (Å²) in [5.74, 6) is -0.610. The zero-order valence-corrected chi connectivity index (χ0v) is 15.9. The highest BCUT2D eigenvalue weighted by Gasteiger charge is 2.22. The highest BCUT2D eigenvalue weighted by Crippen LogP contribution is 2.24. The zero-order chi connectivity index (χ0) is 19.7. The standard InChI is InChI=1S/C19H18ClN5O3/c1-11-12-6-2-3-7-14(12)28-16(11)18(27)24-23-17(26)15-13(20)10-21-19(22-15)25-8-4-5-9-25/h2-3,6-7,10H,4-5,8-9H2,1H3,(H,23,26)(H,24,27). The Balaban J connectivity index is 1.48. The normalized spacial score (nSPS) is 13.7. The number of aryl methyl sites for hydroxylation is 1. The fraction of sp³-hybridized carbons (Fsp3) is 0.263. The van der Waals surface area contributed by atoms with Gasteiger partial charge in [0.1, 0.15) is 5.58 Å². The van der Waals surface area contributed by atoms with Gasteiger partial charge in [0.15, 0.2) is 11.5 Å². The number of rotatable bonds is 3. The molecule has 1 aliphatic rings. The third-order valence-electron chi connectivity index (χ3n) is 4.67. The van der Waals surface area contributed by atoms with Crippen molar-refractivity contribution in [2.24, 2.45) is 0 Å². The summed E-state index contributed by atoms with van der Waals surface area (Å²) in [4.78, 5) is 35.3. The Morgan fingerprint density at radius 3 is 2.61 bits per heavy atom. The van der Waals surface area contributed by atoms with Crippen molar-refractivity contribution < 1.29 is 14.0 Å². The van der Waals surface area contributed by atoms with Crippen molar-refractivity contribution in [3.05, 3.63) is 52.5 Å². The first kappa shape index (κ1) is 18.2. The zero-order valence-electron chi connectivity index (χ0n) is 15.2. The van der Waals surface area contributed by atoms with Crippen LogP contribution >= 0.6 is 11.6 Å². The summed E-state index contributed by atoms with van der Waals surface area (Å²) in [5.41, 5.74) is 5.98. The molecule has 1 aliphatic heterocycles. The van der Waals surface area contributed by atoms with Gasteiger partial charge in [-0.3, -0.25) is 20.4 Å². The Hall–Kier alpha value is -3.13. The van der Waals surface area contributed by atoms with Crippen LogP contribution in [0.3, 0.4) is 0 Å². The summed E-state index contributed by atoms with van der Waals surface area (Å²) in [6.07, 6.45) is 3.50. The largest absolute Gasteiger partial charge is 0.451 e. The average molecular weight is 400 g/mol. The molecule has 0 saturated carbocycles. The molecular formula is C19H18ClN5O3. The number of carbonyl (C=O) groups is 2. The number of benzene rings is 1. The lowest BCUT2D eigenvalue weighted by Crippen LogP contribution is -2.42. The molecule has 0 unspecified atom stereocenters. The van der Waals surface area contributed by atoms with Gasteiger partial charge in [-0.05, 0) is 25.8 Å². The van der Waals surface area contributed by atoms with Crippen molar-refractivity contribution in [1.29, 1.82) is 0 Å². The smallest absolute Gasteiger partial charge is 0.305 e. The number of amides is 2. The Labute approximate surface area is 165 Å². The number of nitrogens with zero attached hydrogens (tertiary/aromatic N) is 3. The van der Waals surface area contributed by atoms with E-state index in [1.807, 2.05) is 23.1 Å². The number of nitrogens with one attached hydrogen (secondary N) is 2. The maximum Gasteiger partial charge on any atom is 0.305 e. The number of para-hydroxylation sites is 1. The first-order chi connectivity index (χ1) is 13.5. The van der Waals surface area contributed by atoms with E-state index < -0.39 is 11.8 Å². The molecule has 0 radical (unpaired) electrons. The van der Waals surface area contributed by atoms with E-state index in [2.05, 4.69) is 20.8 Å². The molecule has 1 fully saturated rings. The van der Waals surface area contributed by atoms with Crippen LogP contribution in [0.5, 0.6) is 0 Å². The van der Waals surface area contributed by atoms with Crippen molar-refractivity contribution in [2.45, 2.75) is 19.8 Å². The van der Waals surface area contributed by atoms with Crippen LogP contribution in [0.2, 0.25) is 5.02 Å². The third-order valence-corrected chi connectivity index (χ3v) is 4.95. The molecule has 1 saturated heterocycles. The second kappa shape index (κ2) is 7.47. The number of carbonyl (C=O) groups excluding carboxylic acids is 2. The van der Waals surface area contributed by atoms with Crippen molar-refractivity contribution in [3.63, 3.8) is 0 Å². The van der Waals surface area contributed by atoms with Gasteiger partial charge >= 0.3 is 5.91 Å². The lowest BCUT2D eigenvalue weighted by molar-refractivity contribution is 0.0829. The molecule has 8 nitrogen and oxygen atoms in total. The molecular weight excluding hydrogens is 382 g/mol. The van der Waals surface area contributed by atoms with E-state index in [4.69, 9.17) is 16.0 Å². The van der Waals surface area contributed by atoms with Crippen LogP contribution in [0, 0.1) is 6.92 Å². The summed E-state index contributed by atoms with van der Waals surface area (Å²) in [7, 11) is 0. The fourth-order valence-corrected chi connectivity index (χ4v) is 3.38. The van der Waals surface area contributed by atoms with Crippen molar-refractivity contribution in [2.75, 3.05) is 18.0 Å². The lowest BCUT2D eigenvalue weighted by atomic mass is 10.1. The number of hydrogen-bond donors (Lipinski definition) is 2. The van der Waals surface area contributed by atoms with Gasteiger partial charge in [-0.15, -0.1) is 0 Å². The number of hydrazine groups is 1. The predicted molar refractivity (Wildman–Crippen MR) is 104 cm³/mol. The minimum Gasteiger partial charge on any atom is -0.451 e. The van der Waals surface area contributed by atoms with Crippen LogP contribution in [0.1, 0.15) is 39.4 Å². The number of aromatic nitrogens is 2. The first-order valence-corrected chi connectivity index (χ1v) is 9.28. The number of hydrogen-bond acceptors (Lipinski definition) is 6. The molecule has 144 valence electrons. The van der Waals surface area contributed by atoms with E-state index in [0.717, 1.165) is 31.3 Å². The Morgan fingerprint density at radius 2 is 1.86 bits per heavy atom. The predicted octanol–water partition coefficient (Wildman–Crippen LogP) is 2.86. The number of furan rings is 1. The highest BCUT2D eigenvalue weighted by molar-refractivity contribution is 6.33. The first-order valence-electron chi connectivity index (χ1n) is 8.91. The van der Waals surface area contributed by atoms with Crippen molar-refractivity contribution in [3.8, 4) is 0 Å². The second-order valence-corrected chi connectivity index (χ2v) is 6.93. The summed E-state index contributed by atoms with van der Waals surface area (Å²) in [6, 6.07) is 7.33. The molecule has 4 rings (SSSR count).